The predicted octanol–water partition coefficient (Wildman–Crippen LogP) is 2.19. The van der Waals surface area contributed by atoms with Gasteiger partial charge in [-0.3, -0.25) is 9.97 Å². The second kappa shape index (κ2) is 2.89. The molecule has 12 heavy (non-hydrogen) atoms. The second-order valence-electron chi connectivity index (χ2n) is 2.71. The van der Waals surface area contributed by atoms with Crippen molar-refractivity contribution in [2.45, 2.75) is 13.3 Å². The van der Waals surface area contributed by atoms with Gasteiger partial charge in [0.25, 0.3) is 0 Å². The Labute approximate surface area is 71.3 Å². The van der Waals surface area contributed by atoms with E-state index in [9.17, 15) is 0 Å². The fourth-order valence-corrected chi connectivity index (χ4v) is 1.36. The zero-order valence-electron chi connectivity index (χ0n) is 6.99. The smallest absolute Gasteiger partial charge is 0.0480 e. The van der Waals surface area contributed by atoms with E-state index in [1.165, 1.54) is 10.8 Å². The Kier molecular flexibility index (Phi) is 1.74. The number of rotatable bonds is 1. The van der Waals surface area contributed by atoms with Crippen molar-refractivity contribution in [2.75, 3.05) is 0 Å². The lowest BCUT2D eigenvalue weighted by atomic mass is 10.1. The van der Waals surface area contributed by atoms with Crippen LogP contribution in [0, 0.1) is 0 Å². The fraction of sp³-hybridized carbons (Fsp3) is 0.200. The van der Waals surface area contributed by atoms with E-state index >= 15 is 0 Å². The van der Waals surface area contributed by atoms with Gasteiger partial charge in [-0.1, -0.05) is 6.92 Å². The molecule has 0 spiro atoms. The molecule has 2 nitrogen and oxygen atoms in total. The number of aromatic nitrogens is 2. The van der Waals surface area contributed by atoms with E-state index in [1.807, 2.05) is 30.7 Å². The summed E-state index contributed by atoms with van der Waals surface area (Å²) in [6.07, 6.45) is 6.49. The van der Waals surface area contributed by atoms with E-state index in [0.717, 1.165) is 12.1 Å². The van der Waals surface area contributed by atoms with Crippen molar-refractivity contribution >= 4 is 10.8 Å². The van der Waals surface area contributed by atoms with Crippen molar-refractivity contribution in [3.05, 3.63) is 36.4 Å². The summed E-state index contributed by atoms with van der Waals surface area (Å²) >= 11 is 0. The van der Waals surface area contributed by atoms with Crippen LogP contribution in [-0.4, -0.2) is 9.97 Å². The average Bonchev–Trinajstić information content (AvgIpc) is 2.17. The van der Waals surface area contributed by atoms with Gasteiger partial charge in [-0.2, -0.15) is 0 Å². The number of hydrogen-bond donors (Lipinski definition) is 0. The van der Waals surface area contributed by atoms with Crippen LogP contribution in [0.5, 0.6) is 0 Å². The maximum Gasteiger partial charge on any atom is 0.0480 e. The summed E-state index contributed by atoms with van der Waals surface area (Å²) in [4.78, 5) is 8.36. The van der Waals surface area contributed by atoms with Gasteiger partial charge in [0.1, 0.15) is 0 Å². The fourth-order valence-electron chi connectivity index (χ4n) is 1.36. The maximum absolute atomic E-state index is 4.30. The third-order valence-electron chi connectivity index (χ3n) is 1.98. The van der Waals surface area contributed by atoms with Crippen LogP contribution < -0.4 is 0 Å². The van der Waals surface area contributed by atoms with Crippen LogP contribution in [0.15, 0.2) is 30.7 Å². The van der Waals surface area contributed by atoms with E-state index in [4.69, 9.17) is 0 Å². The van der Waals surface area contributed by atoms with Crippen molar-refractivity contribution in [1.29, 1.82) is 0 Å². The highest BCUT2D eigenvalue weighted by Gasteiger charge is 1.97. The van der Waals surface area contributed by atoms with E-state index < -0.39 is 0 Å². The van der Waals surface area contributed by atoms with Gasteiger partial charge < -0.3 is 0 Å². The average molecular weight is 158 g/mol. The highest BCUT2D eigenvalue weighted by atomic mass is 14.7. The predicted molar refractivity (Wildman–Crippen MR) is 48.9 cm³/mol. The third-order valence-corrected chi connectivity index (χ3v) is 1.98. The Morgan fingerprint density at radius 1 is 1.25 bits per heavy atom. The normalized spacial score (nSPS) is 10.4. The monoisotopic (exact) mass is 158 g/mol. The molecule has 60 valence electrons. The van der Waals surface area contributed by atoms with Gasteiger partial charge in [-0.05, 0) is 18.6 Å². The molecule has 0 saturated heterocycles. The molecule has 2 rings (SSSR count). The standard InChI is InChI=1S/C10H10N2/c1-2-10-9-4-5-11-7-8(9)3-6-12-10/h3-7H,2H2,1H3. The molecule has 0 amide bonds. The molecule has 2 heterocycles. The van der Waals surface area contributed by atoms with Crippen LogP contribution in [-0.2, 0) is 6.42 Å². The molecular formula is C10H10N2. The van der Waals surface area contributed by atoms with Gasteiger partial charge in [0.15, 0.2) is 0 Å². The first kappa shape index (κ1) is 7.22. The molecule has 0 fully saturated rings. The summed E-state index contributed by atoms with van der Waals surface area (Å²) in [5.74, 6) is 0. The Hall–Kier alpha value is -1.44. The molecule has 0 saturated carbocycles. The van der Waals surface area contributed by atoms with Crippen molar-refractivity contribution in [3.63, 3.8) is 0 Å². The third kappa shape index (κ3) is 1.05. The van der Waals surface area contributed by atoms with Crippen LogP contribution in [0.3, 0.4) is 0 Å². The molecule has 2 aromatic heterocycles. The summed E-state index contributed by atoms with van der Waals surface area (Å²) in [6.45, 7) is 2.11. The minimum atomic E-state index is 0.974. The minimum absolute atomic E-state index is 0.974. The van der Waals surface area contributed by atoms with Gasteiger partial charge in [-0.15, -0.1) is 0 Å². The summed E-state index contributed by atoms with van der Waals surface area (Å²) in [7, 11) is 0. The number of pyridine rings is 2. The molecule has 0 radical (unpaired) electrons. The quantitative estimate of drug-likeness (QED) is 0.635. The SMILES string of the molecule is CCc1nccc2cnccc12. The van der Waals surface area contributed by atoms with Crippen LogP contribution in [0.4, 0.5) is 0 Å². The van der Waals surface area contributed by atoms with Crippen molar-refractivity contribution in [3.8, 4) is 0 Å². The van der Waals surface area contributed by atoms with E-state index in [-0.39, 0.29) is 0 Å². The van der Waals surface area contributed by atoms with Crippen molar-refractivity contribution in [2.24, 2.45) is 0 Å². The van der Waals surface area contributed by atoms with Gasteiger partial charge in [0.05, 0.1) is 0 Å². The molecule has 0 aliphatic carbocycles. The first-order valence-electron chi connectivity index (χ1n) is 4.09. The van der Waals surface area contributed by atoms with E-state index in [2.05, 4.69) is 16.9 Å². The first-order chi connectivity index (χ1) is 5.92. The van der Waals surface area contributed by atoms with Crippen LogP contribution in [0.1, 0.15) is 12.6 Å². The summed E-state index contributed by atoms with van der Waals surface area (Å²) in [6, 6.07) is 4.00. The Bertz CT molecular complexity index is 390. The van der Waals surface area contributed by atoms with Crippen LogP contribution in [0.2, 0.25) is 0 Å². The first-order valence-corrected chi connectivity index (χ1v) is 4.09. The number of nitrogens with zero attached hydrogens (tertiary/aromatic N) is 2. The largest absolute Gasteiger partial charge is 0.264 e. The zero-order valence-corrected chi connectivity index (χ0v) is 6.99. The lowest BCUT2D eigenvalue weighted by molar-refractivity contribution is 1.06. The highest BCUT2D eigenvalue weighted by Crippen LogP contribution is 2.14. The van der Waals surface area contributed by atoms with Crippen LogP contribution in [0.25, 0.3) is 10.8 Å². The second-order valence-corrected chi connectivity index (χ2v) is 2.71. The van der Waals surface area contributed by atoms with Gasteiger partial charge in [-0.25, -0.2) is 0 Å². The van der Waals surface area contributed by atoms with Crippen molar-refractivity contribution in [1.82, 2.24) is 9.97 Å². The van der Waals surface area contributed by atoms with Crippen LogP contribution >= 0.6 is 0 Å². The molecule has 0 atom stereocenters. The van der Waals surface area contributed by atoms with Crippen molar-refractivity contribution < 1.29 is 0 Å². The molecule has 0 bridgehead atoms. The lowest BCUT2D eigenvalue weighted by Crippen LogP contribution is -1.88. The Balaban J connectivity index is 2.79. The maximum atomic E-state index is 4.30. The topological polar surface area (TPSA) is 25.8 Å². The molecule has 0 aliphatic heterocycles. The lowest BCUT2D eigenvalue weighted by Gasteiger charge is -2.00. The van der Waals surface area contributed by atoms with Gasteiger partial charge in [0.2, 0.25) is 0 Å². The minimum Gasteiger partial charge on any atom is -0.264 e. The number of fused-ring (bicyclic) bond motifs is 1. The molecule has 0 N–H and O–H groups in total. The molecular weight excluding hydrogens is 148 g/mol. The Morgan fingerprint density at radius 3 is 3.00 bits per heavy atom. The van der Waals surface area contributed by atoms with Gasteiger partial charge in [0, 0.05) is 35.1 Å². The molecule has 2 heteroatoms. The van der Waals surface area contributed by atoms with Gasteiger partial charge >= 0.3 is 0 Å². The molecule has 0 aliphatic rings. The highest BCUT2D eigenvalue weighted by molar-refractivity contribution is 5.83. The zero-order chi connectivity index (χ0) is 8.39. The number of hydrogen-bond acceptors (Lipinski definition) is 2. The summed E-state index contributed by atoms with van der Waals surface area (Å²) in [5, 5.41) is 2.39. The molecule has 2 aromatic rings. The summed E-state index contributed by atoms with van der Waals surface area (Å²) < 4.78 is 0. The Morgan fingerprint density at radius 2 is 2.17 bits per heavy atom. The van der Waals surface area contributed by atoms with E-state index in [1.54, 1.807) is 0 Å². The van der Waals surface area contributed by atoms with E-state index in [0.29, 0.717) is 0 Å². The summed E-state index contributed by atoms with van der Waals surface area (Å²) in [5.41, 5.74) is 1.15. The molecule has 0 unspecified atom stereocenters. The number of aryl methyl sites for hydroxylation is 1. The molecule has 0 aromatic carbocycles.